The summed E-state index contributed by atoms with van der Waals surface area (Å²) in [5, 5.41) is 3.16. The van der Waals surface area contributed by atoms with Crippen LogP contribution >= 0.6 is 0 Å². The van der Waals surface area contributed by atoms with Crippen LogP contribution in [-0.4, -0.2) is 42.7 Å². The normalized spacial score (nSPS) is 10.3. The smallest absolute Gasteiger partial charge is 0.277 e. The van der Waals surface area contributed by atoms with E-state index in [0.29, 0.717) is 31.2 Å². The predicted octanol–water partition coefficient (Wildman–Crippen LogP) is 3.64. The minimum atomic E-state index is -0.168. The molecule has 0 saturated carbocycles. The molecule has 1 N–H and O–H groups in total. The van der Waals surface area contributed by atoms with Gasteiger partial charge in [0, 0.05) is 18.3 Å². The van der Waals surface area contributed by atoms with Gasteiger partial charge >= 0.3 is 0 Å². The third-order valence-electron chi connectivity index (χ3n) is 4.25. The molecule has 0 aliphatic heterocycles. The fourth-order valence-corrected chi connectivity index (χ4v) is 2.78. The number of carbonyl (C=O) groups is 1. The molecule has 3 rings (SSSR count). The molecule has 0 saturated heterocycles. The number of rotatable bonds is 9. The van der Waals surface area contributed by atoms with E-state index in [-0.39, 0.29) is 5.91 Å². The number of methoxy groups -OCH3 is 1. The molecule has 3 aromatic rings. The predicted molar refractivity (Wildman–Crippen MR) is 113 cm³/mol. The lowest BCUT2D eigenvalue weighted by molar-refractivity contribution is 0.0983. The summed E-state index contributed by atoms with van der Waals surface area (Å²) in [5.41, 5.74) is 1.17. The van der Waals surface area contributed by atoms with E-state index < -0.39 is 0 Å². The first-order chi connectivity index (χ1) is 14.2. The van der Waals surface area contributed by atoms with E-state index in [2.05, 4.69) is 15.3 Å². The van der Waals surface area contributed by atoms with Crippen LogP contribution in [0.3, 0.4) is 0 Å². The number of benzene rings is 2. The van der Waals surface area contributed by atoms with E-state index in [0.717, 1.165) is 17.2 Å². The number of hydrogen-bond donors (Lipinski definition) is 1. The monoisotopic (exact) mass is 392 g/mol. The van der Waals surface area contributed by atoms with Crippen molar-refractivity contribution in [3.05, 3.63) is 72.7 Å². The Bertz CT molecular complexity index is 917. The Balaban J connectivity index is 1.56. The molecule has 0 atom stereocenters. The zero-order chi connectivity index (χ0) is 20.5. The van der Waals surface area contributed by atoms with Crippen LogP contribution in [0.5, 0.6) is 11.5 Å². The van der Waals surface area contributed by atoms with Gasteiger partial charge in [0.25, 0.3) is 5.91 Å². The van der Waals surface area contributed by atoms with Crippen molar-refractivity contribution in [2.75, 3.05) is 37.0 Å². The summed E-state index contributed by atoms with van der Waals surface area (Å²) in [6.45, 7) is 3.46. The number of anilines is 2. The minimum absolute atomic E-state index is 0.168. The molecule has 0 fully saturated rings. The van der Waals surface area contributed by atoms with Crippen molar-refractivity contribution in [2.45, 2.75) is 6.92 Å². The van der Waals surface area contributed by atoms with Crippen molar-refractivity contribution in [3.8, 4) is 11.5 Å². The van der Waals surface area contributed by atoms with Gasteiger partial charge in [-0.25, -0.2) is 9.97 Å². The summed E-state index contributed by atoms with van der Waals surface area (Å²) in [6, 6.07) is 18.6. The molecule has 150 valence electrons. The summed E-state index contributed by atoms with van der Waals surface area (Å²) in [4.78, 5) is 22.9. The van der Waals surface area contributed by atoms with Gasteiger partial charge in [-0.3, -0.25) is 4.79 Å². The van der Waals surface area contributed by atoms with Crippen LogP contribution in [0.25, 0.3) is 0 Å². The summed E-state index contributed by atoms with van der Waals surface area (Å²) in [5.74, 6) is 1.95. The summed E-state index contributed by atoms with van der Waals surface area (Å²) in [6.07, 6.45) is 1.39. The SMILES string of the molecule is CCN(C(=O)c1cc(NCCOc2ccc(OC)cc2)ncn1)c1ccccc1. The average Bonchev–Trinajstić information content (AvgIpc) is 2.78. The van der Waals surface area contributed by atoms with Crippen LogP contribution in [0, 0.1) is 0 Å². The van der Waals surface area contributed by atoms with Crippen LogP contribution in [0.15, 0.2) is 67.0 Å². The van der Waals surface area contributed by atoms with Gasteiger partial charge in [0.15, 0.2) is 0 Å². The number of nitrogens with one attached hydrogen (secondary N) is 1. The fraction of sp³-hybridized carbons (Fsp3) is 0.227. The maximum absolute atomic E-state index is 12.9. The van der Waals surface area contributed by atoms with Gasteiger partial charge in [0.2, 0.25) is 0 Å². The molecule has 0 spiro atoms. The van der Waals surface area contributed by atoms with Gasteiger partial charge in [0.1, 0.15) is 35.9 Å². The molecule has 0 bridgehead atoms. The van der Waals surface area contributed by atoms with Crippen molar-refractivity contribution in [3.63, 3.8) is 0 Å². The Kier molecular flexibility index (Phi) is 7.00. The first kappa shape index (κ1) is 20.1. The minimum Gasteiger partial charge on any atom is -0.497 e. The van der Waals surface area contributed by atoms with E-state index in [1.165, 1.54) is 6.33 Å². The molecule has 0 radical (unpaired) electrons. The molecule has 0 unspecified atom stereocenters. The molecule has 29 heavy (non-hydrogen) atoms. The number of para-hydroxylation sites is 1. The highest BCUT2D eigenvalue weighted by Crippen LogP contribution is 2.18. The number of nitrogens with zero attached hydrogens (tertiary/aromatic N) is 3. The maximum atomic E-state index is 12.9. The Hall–Kier alpha value is -3.61. The zero-order valence-corrected chi connectivity index (χ0v) is 16.5. The largest absolute Gasteiger partial charge is 0.497 e. The highest BCUT2D eigenvalue weighted by atomic mass is 16.5. The molecule has 7 heteroatoms. The molecule has 0 aliphatic rings. The van der Waals surface area contributed by atoms with Crippen molar-refractivity contribution >= 4 is 17.4 Å². The average molecular weight is 392 g/mol. The second kappa shape index (κ2) is 10.1. The van der Waals surface area contributed by atoms with Crippen LogP contribution < -0.4 is 19.7 Å². The standard InChI is InChI=1S/C22H24N4O3/c1-3-26(17-7-5-4-6-8-17)22(27)20-15-21(25-16-24-20)23-13-14-29-19-11-9-18(28-2)10-12-19/h4-12,15-16H,3,13-14H2,1-2H3,(H,23,24,25). The third kappa shape index (κ3) is 5.44. The molecule has 1 aromatic heterocycles. The highest BCUT2D eigenvalue weighted by Gasteiger charge is 2.17. The first-order valence-corrected chi connectivity index (χ1v) is 9.41. The van der Waals surface area contributed by atoms with Crippen LogP contribution in [-0.2, 0) is 0 Å². The number of hydrogen-bond acceptors (Lipinski definition) is 6. The second-order valence-electron chi connectivity index (χ2n) is 6.12. The van der Waals surface area contributed by atoms with Gasteiger partial charge in [0.05, 0.1) is 13.7 Å². The van der Waals surface area contributed by atoms with E-state index in [1.807, 2.05) is 61.5 Å². The summed E-state index contributed by atoms with van der Waals surface area (Å²) >= 11 is 0. The molecule has 1 amide bonds. The van der Waals surface area contributed by atoms with Gasteiger partial charge < -0.3 is 19.7 Å². The molecule has 7 nitrogen and oxygen atoms in total. The molecule has 1 heterocycles. The van der Waals surface area contributed by atoms with Crippen molar-refractivity contribution in [1.82, 2.24) is 9.97 Å². The topological polar surface area (TPSA) is 76.6 Å². The van der Waals surface area contributed by atoms with E-state index in [4.69, 9.17) is 9.47 Å². The first-order valence-electron chi connectivity index (χ1n) is 9.41. The van der Waals surface area contributed by atoms with E-state index in [1.54, 1.807) is 18.1 Å². The van der Waals surface area contributed by atoms with Crippen LogP contribution in [0.2, 0.25) is 0 Å². The zero-order valence-electron chi connectivity index (χ0n) is 16.5. The molecule has 2 aromatic carbocycles. The van der Waals surface area contributed by atoms with Crippen molar-refractivity contribution in [1.29, 1.82) is 0 Å². The Morgan fingerprint density at radius 3 is 2.45 bits per heavy atom. The summed E-state index contributed by atoms with van der Waals surface area (Å²) < 4.78 is 10.8. The Labute approximate surface area is 170 Å². The van der Waals surface area contributed by atoms with E-state index in [9.17, 15) is 4.79 Å². The van der Waals surface area contributed by atoms with Gasteiger partial charge in [-0.05, 0) is 43.3 Å². The number of aromatic nitrogens is 2. The fourth-order valence-electron chi connectivity index (χ4n) is 2.78. The quantitative estimate of drug-likeness (QED) is 0.560. The van der Waals surface area contributed by atoms with Crippen LogP contribution in [0.1, 0.15) is 17.4 Å². The van der Waals surface area contributed by atoms with Gasteiger partial charge in [-0.15, -0.1) is 0 Å². The summed E-state index contributed by atoms with van der Waals surface area (Å²) in [7, 11) is 1.63. The molecular formula is C22H24N4O3. The number of carbonyl (C=O) groups excluding carboxylic acids is 1. The number of amides is 1. The molecular weight excluding hydrogens is 368 g/mol. The van der Waals surface area contributed by atoms with Crippen LogP contribution in [0.4, 0.5) is 11.5 Å². The van der Waals surface area contributed by atoms with Gasteiger partial charge in [-0.1, -0.05) is 18.2 Å². The van der Waals surface area contributed by atoms with Gasteiger partial charge in [-0.2, -0.15) is 0 Å². The van der Waals surface area contributed by atoms with E-state index >= 15 is 0 Å². The Morgan fingerprint density at radius 1 is 1.03 bits per heavy atom. The highest BCUT2D eigenvalue weighted by molar-refractivity contribution is 6.05. The third-order valence-corrected chi connectivity index (χ3v) is 4.25. The van der Waals surface area contributed by atoms with Crippen molar-refractivity contribution < 1.29 is 14.3 Å². The lowest BCUT2D eigenvalue weighted by Crippen LogP contribution is -2.31. The number of ether oxygens (including phenoxy) is 2. The maximum Gasteiger partial charge on any atom is 0.277 e. The Morgan fingerprint density at radius 2 is 1.76 bits per heavy atom. The molecule has 0 aliphatic carbocycles. The lowest BCUT2D eigenvalue weighted by Gasteiger charge is -2.20. The lowest BCUT2D eigenvalue weighted by atomic mass is 10.2. The van der Waals surface area contributed by atoms with Crippen molar-refractivity contribution in [2.24, 2.45) is 0 Å². The second-order valence-corrected chi connectivity index (χ2v) is 6.12.